The number of carbonyl (C=O) groups excluding carboxylic acids is 1. The summed E-state index contributed by atoms with van der Waals surface area (Å²) in [5, 5.41) is 2.85. The van der Waals surface area contributed by atoms with Gasteiger partial charge < -0.3 is 15.8 Å². The molecule has 2 rings (SSSR count). The van der Waals surface area contributed by atoms with Crippen molar-refractivity contribution >= 4 is 11.6 Å². The molecule has 0 aromatic heterocycles. The first-order valence-corrected chi connectivity index (χ1v) is 5.58. The van der Waals surface area contributed by atoms with E-state index in [-0.39, 0.29) is 17.9 Å². The maximum atomic E-state index is 12.0. The van der Waals surface area contributed by atoms with Crippen molar-refractivity contribution in [3.63, 3.8) is 0 Å². The third-order valence-corrected chi connectivity index (χ3v) is 2.82. The van der Waals surface area contributed by atoms with Crippen molar-refractivity contribution < 1.29 is 9.53 Å². The summed E-state index contributed by atoms with van der Waals surface area (Å²) in [5.74, 6) is 0.473. The molecule has 0 saturated heterocycles. The number of carbonyl (C=O) groups is 1. The van der Waals surface area contributed by atoms with Crippen LogP contribution in [0.1, 0.15) is 6.42 Å². The van der Waals surface area contributed by atoms with Crippen molar-refractivity contribution in [3.8, 4) is 5.75 Å². The van der Waals surface area contributed by atoms with Gasteiger partial charge in [0.2, 0.25) is 5.91 Å². The first-order chi connectivity index (χ1) is 8.20. The number of hydrogen-bond acceptors (Lipinski definition) is 3. The predicted octanol–water partition coefficient (Wildman–Crippen LogP) is 1.54. The Morgan fingerprint density at radius 2 is 2.18 bits per heavy atom. The van der Waals surface area contributed by atoms with Gasteiger partial charge in [0.15, 0.2) is 0 Å². The lowest BCUT2D eigenvalue weighted by molar-refractivity contribution is -0.118. The van der Waals surface area contributed by atoms with E-state index in [4.69, 9.17) is 10.5 Å². The van der Waals surface area contributed by atoms with E-state index in [9.17, 15) is 4.79 Å². The number of nitrogens with two attached hydrogens (primary N) is 1. The zero-order valence-corrected chi connectivity index (χ0v) is 9.72. The van der Waals surface area contributed by atoms with Gasteiger partial charge in [-0.2, -0.15) is 0 Å². The molecular formula is C13H16N2O2. The van der Waals surface area contributed by atoms with Crippen LogP contribution in [0.4, 0.5) is 5.69 Å². The first-order valence-electron chi connectivity index (χ1n) is 5.58. The quantitative estimate of drug-likeness (QED) is 0.777. The van der Waals surface area contributed by atoms with Crippen molar-refractivity contribution in [3.05, 3.63) is 36.4 Å². The van der Waals surface area contributed by atoms with Crippen molar-refractivity contribution in [1.29, 1.82) is 0 Å². The Balaban J connectivity index is 2.06. The Labute approximate surface area is 100 Å². The van der Waals surface area contributed by atoms with E-state index in [0.29, 0.717) is 17.9 Å². The van der Waals surface area contributed by atoms with Crippen LogP contribution in [0.3, 0.4) is 0 Å². The van der Waals surface area contributed by atoms with E-state index in [1.54, 1.807) is 7.11 Å². The lowest BCUT2D eigenvalue weighted by Gasteiger charge is -2.13. The monoisotopic (exact) mass is 232 g/mol. The molecule has 2 unspecified atom stereocenters. The highest BCUT2D eigenvalue weighted by atomic mass is 16.5. The largest absolute Gasteiger partial charge is 0.495 e. The second kappa shape index (κ2) is 5.01. The highest BCUT2D eigenvalue weighted by Crippen LogP contribution is 2.25. The maximum Gasteiger partial charge on any atom is 0.231 e. The van der Waals surface area contributed by atoms with E-state index in [0.717, 1.165) is 0 Å². The van der Waals surface area contributed by atoms with Gasteiger partial charge in [0, 0.05) is 6.04 Å². The Hall–Kier alpha value is -1.81. The Kier molecular flexibility index (Phi) is 3.44. The first kappa shape index (κ1) is 11.7. The standard InChI is InChI=1S/C13H16N2O2/c1-17-12-5-3-2-4-11(12)15-13(16)9-6-7-10(14)8-9/h2-7,9-10H,8,14H2,1H3,(H,15,16). The molecule has 0 spiro atoms. The number of hydrogen-bond donors (Lipinski definition) is 2. The third kappa shape index (κ3) is 2.65. The molecule has 4 nitrogen and oxygen atoms in total. The molecule has 17 heavy (non-hydrogen) atoms. The Morgan fingerprint density at radius 1 is 1.41 bits per heavy atom. The molecule has 0 heterocycles. The lowest BCUT2D eigenvalue weighted by atomic mass is 10.1. The highest BCUT2D eigenvalue weighted by Gasteiger charge is 2.23. The van der Waals surface area contributed by atoms with Crippen LogP contribution in [0.5, 0.6) is 5.75 Å². The number of para-hydroxylation sites is 2. The third-order valence-electron chi connectivity index (χ3n) is 2.82. The topological polar surface area (TPSA) is 64.3 Å². The van der Waals surface area contributed by atoms with Crippen LogP contribution in [0, 0.1) is 5.92 Å². The minimum absolute atomic E-state index is 0.0107. The minimum atomic E-state index is -0.144. The number of rotatable bonds is 3. The van der Waals surface area contributed by atoms with Crippen molar-refractivity contribution in [2.24, 2.45) is 11.7 Å². The van der Waals surface area contributed by atoms with Crippen LogP contribution in [0.2, 0.25) is 0 Å². The molecule has 0 saturated carbocycles. The molecule has 1 amide bonds. The van der Waals surface area contributed by atoms with Crippen molar-refractivity contribution in [2.75, 3.05) is 12.4 Å². The van der Waals surface area contributed by atoms with E-state index in [1.165, 1.54) is 0 Å². The molecule has 1 aromatic rings. The predicted molar refractivity (Wildman–Crippen MR) is 66.8 cm³/mol. The summed E-state index contributed by atoms with van der Waals surface area (Å²) in [6, 6.07) is 7.33. The number of nitrogens with one attached hydrogen (secondary N) is 1. The van der Waals surface area contributed by atoms with Crippen LogP contribution in [0.25, 0.3) is 0 Å². The van der Waals surface area contributed by atoms with Crippen LogP contribution >= 0.6 is 0 Å². The summed E-state index contributed by atoms with van der Waals surface area (Å²) in [7, 11) is 1.58. The summed E-state index contributed by atoms with van der Waals surface area (Å²) in [4.78, 5) is 12.0. The van der Waals surface area contributed by atoms with Crippen molar-refractivity contribution in [1.82, 2.24) is 0 Å². The molecule has 1 aliphatic rings. The zero-order valence-electron chi connectivity index (χ0n) is 9.72. The lowest BCUT2D eigenvalue weighted by Crippen LogP contribution is -2.24. The van der Waals surface area contributed by atoms with Gasteiger partial charge in [-0.1, -0.05) is 24.3 Å². The molecule has 90 valence electrons. The van der Waals surface area contributed by atoms with Gasteiger partial charge in [-0.15, -0.1) is 0 Å². The number of anilines is 1. The van der Waals surface area contributed by atoms with Gasteiger partial charge in [-0.25, -0.2) is 0 Å². The maximum absolute atomic E-state index is 12.0. The summed E-state index contributed by atoms with van der Waals surface area (Å²) in [6.07, 6.45) is 4.39. The molecule has 3 N–H and O–H groups in total. The second-order valence-corrected chi connectivity index (χ2v) is 4.08. The van der Waals surface area contributed by atoms with Crippen LogP contribution in [-0.4, -0.2) is 19.1 Å². The normalized spacial score (nSPS) is 22.5. The van der Waals surface area contributed by atoms with Crippen LogP contribution < -0.4 is 15.8 Å². The van der Waals surface area contributed by atoms with Gasteiger partial charge >= 0.3 is 0 Å². The van der Waals surface area contributed by atoms with Crippen LogP contribution in [-0.2, 0) is 4.79 Å². The molecule has 0 radical (unpaired) electrons. The molecule has 1 aromatic carbocycles. The van der Waals surface area contributed by atoms with E-state index in [1.807, 2.05) is 36.4 Å². The van der Waals surface area contributed by atoms with E-state index in [2.05, 4.69) is 5.32 Å². The van der Waals surface area contributed by atoms with Crippen molar-refractivity contribution in [2.45, 2.75) is 12.5 Å². The highest BCUT2D eigenvalue weighted by molar-refractivity contribution is 5.95. The van der Waals surface area contributed by atoms with Gasteiger partial charge in [-0.3, -0.25) is 4.79 Å². The van der Waals surface area contributed by atoms with E-state index < -0.39 is 0 Å². The smallest absolute Gasteiger partial charge is 0.231 e. The number of amides is 1. The van der Waals surface area contributed by atoms with Gasteiger partial charge in [0.25, 0.3) is 0 Å². The Bertz CT molecular complexity index is 443. The SMILES string of the molecule is COc1ccccc1NC(=O)C1C=CC(N)C1. The summed E-state index contributed by atoms with van der Waals surface area (Å²) in [5.41, 5.74) is 6.41. The fourth-order valence-electron chi connectivity index (χ4n) is 1.89. The molecule has 0 fully saturated rings. The molecule has 2 atom stereocenters. The van der Waals surface area contributed by atoms with E-state index >= 15 is 0 Å². The van der Waals surface area contributed by atoms with Gasteiger partial charge in [0.1, 0.15) is 5.75 Å². The van der Waals surface area contributed by atoms with Gasteiger partial charge in [-0.05, 0) is 18.6 Å². The molecule has 1 aliphatic carbocycles. The average molecular weight is 232 g/mol. The fourth-order valence-corrected chi connectivity index (χ4v) is 1.89. The number of methoxy groups -OCH3 is 1. The summed E-state index contributed by atoms with van der Waals surface area (Å²) in [6.45, 7) is 0. The molecule has 0 bridgehead atoms. The summed E-state index contributed by atoms with van der Waals surface area (Å²) < 4.78 is 5.17. The number of benzene rings is 1. The average Bonchev–Trinajstić information content (AvgIpc) is 2.77. The minimum Gasteiger partial charge on any atom is -0.495 e. The van der Waals surface area contributed by atoms with Gasteiger partial charge in [0.05, 0.1) is 18.7 Å². The number of ether oxygens (including phenoxy) is 1. The summed E-state index contributed by atoms with van der Waals surface area (Å²) >= 11 is 0. The Morgan fingerprint density at radius 3 is 2.82 bits per heavy atom. The molecular weight excluding hydrogens is 216 g/mol. The molecule has 4 heteroatoms. The second-order valence-electron chi connectivity index (χ2n) is 4.08. The van der Waals surface area contributed by atoms with Crippen LogP contribution in [0.15, 0.2) is 36.4 Å². The fraction of sp³-hybridized carbons (Fsp3) is 0.308. The zero-order chi connectivity index (χ0) is 12.3. The molecule has 0 aliphatic heterocycles.